The Kier molecular flexibility index (Phi) is 2.93. The molecule has 0 saturated heterocycles. The van der Waals surface area contributed by atoms with Gasteiger partial charge in [-0.05, 0) is 18.8 Å². The van der Waals surface area contributed by atoms with E-state index in [0.29, 0.717) is 0 Å². The van der Waals surface area contributed by atoms with Crippen LogP contribution in [0.5, 0.6) is 0 Å². The number of nitro groups is 1. The number of nitrogens with zero attached hydrogens (tertiary/aromatic N) is 3. The minimum Gasteiger partial charge on any atom is -0.358 e. The lowest BCUT2D eigenvalue weighted by atomic mass is 9.53. The summed E-state index contributed by atoms with van der Waals surface area (Å²) >= 11 is 0. The third kappa shape index (κ3) is 2.40. The van der Waals surface area contributed by atoms with Gasteiger partial charge < -0.3 is 10.1 Å². The van der Waals surface area contributed by atoms with Crippen molar-refractivity contribution in [2.45, 2.75) is 32.0 Å². The predicted octanol–water partition coefficient (Wildman–Crippen LogP) is 0.882. The van der Waals surface area contributed by atoms with E-state index in [0.717, 1.165) is 0 Å². The molecule has 1 aromatic rings. The van der Waals surface area contributed by atoms with E-state index in [1.807, 2.05) is 13.8 Å². The van der Waals surface area contributed by atoms with Gasteiger partial charge in [0, 0.05) is 0 Å². The third-order valence-electron chi connectivity index (χ3n) is 1.99. The molecule has 15 heavy (non-hydrogen) atoms. The average Bonchev–Trinajstić information content (AvgIpc) is 2.45. The highest BCUT2D eigenvalue weighted by atomic mass is 16.6. The Morgan fingerprint density at radius 2 is 2.13 bits per heavy atom. The maximum atomic E-state index is 10.7. The Hall–Kier alpha value is -1.26. The first-order valence-corrected chi connectivity index (χ1v) is 4.55. The normalized spacial score (nSPS) is 12.0. The SMILES string of the molecule is [B]C([B])(C)c1cn(C(C)C)nc1[N+](=O)[O-]. The molecule has 0 aliphatic carbocycles. The van der Waals surface area contributed by atoms with Gasteiger partial charge in [-0.15, -0.1) is 0 Å². The van der Waals surface area contributed by atoms with Crippen LogP contribution in [0.3, 0.4) is 0 Å². The van der Waals surface area contributed by atoms with Crippen LogP contribution in [-0.2, 0) is 5.21 Å². The van der Waals surface area contributed by atoms with Gasteiger partial charge in [0.2, 0.25) is 0 Å². The molecule has 0 fully saturated rings. The largest absolute Gasteiger partial charge is 0.392 e. The van der Waals surface area contributed by atoms with Gasteiger partial charge in [0.1, 0.15) is 0 Å². The summed E-state index contributed by atoms with van der Waals surface area (Å²) in [5.41, 5.74) is 0.237. The molecule has 0 bridgehead atoms. The second-order valence-corrected chi connectivity index (χ2v) is 3.98. The monoisotopic (exact) mass is 203 g/mol. The number of hydrogen-bond acceptors (Lipinski definition) is 3. The van der Waals surface area contributed by atoms with Gasteiger partial charge in [0.05, 0.1) is 38.6 Å². The first kappa shape index (κ1) is 11.8. The molecule has 0 amide bonds. The molecule has 0 atom stereocenters. The molecule has 0 saturated carbocycles. The summed E-state index contributed by atoms with van der Waals surface area (Å²) < 4.78 is 1.48. The highest BCUT2D eigenvalue weighted by Gasteiger charge is 2.29. The smallest absolute Gasteiger partial charge is 0.358 e. The van der Waals surface area contributed by atoms with Crippen LogP contribution in [0.15, 0.2) is 6.20 Å². The van der Waals surface area contributed by atoms with E-state index in [4.69, 9.17) is 15.7 Å². The molecule has 0 aliphatic heterocycles. The zero-order valence-electron chi connectivity index (χ0n) is 8.97. The molecule has 0 spiro atoms. The minimum atomic E-state index is -1.25. The summed E-state index contributed by atoms with van der Waals surface area (Å²) in [6.07, 6.45) is 1.52. The maximum Gasteiger partial charge on any atom is 0.392 e. The Morgan fingerprint density at radius 1 is 1.60 bits per heavy atom. The van der Waals surface area contributed by atoms with Crippen molar-refractivity contribution < 1.29 is 4.92 Å². The van der Waals surface area contributed by atoms with Gasteiger partial charge in [-0.25, -0.2) is 0 Å². The van der Waals surface area contributed by atoms with Crippen LogP contribution in [-0.4, -0.2) is 30.4 Å². The molecule has 0 aromatic carbocycles. The van der Waals surface area contributed by atoms with Crippen LogP contribution >= 0.6 is 0 Å². The van der Waals surface area contributed by atoms with Gasteiger partial charge in [0.25, 0.3) is 0 Å². The van der Waals surface area contributed by atoms with E-state index >= 15 is 0 Å². The summed E-state index contributed by atoms with van der Waals surface area (Å²) in [5.74, 6) is -0.281. The van der Waals surface area contributed by atoms with E-state index < -0.39 is 10.1 Å². The topological polar surface area (TPSA) is 61.0 Å². The van der Waals surface area contributed by atoms with Crippen molar-refractivity contribution in [3.05, 3.63) is 21.9 Å². The molecule has 0 aliphatic rings. The van der Waals surface area contributed by atoms with E-state index in [-0.39, 0.29) is 17.4 Å². The van der Waals surface area contributed by atoms with Gasteiger partial charge in [-0.1, -0.05) is 12.1 Å². The summed E-state index contributed by atoms with van der Waals surface area (Å²) in [5, 5.41) is 13.3. The van der Waals surface area contributed by atoms with Gasteiger partial charge >= 0.3 is 5.82 Å². The minimum absolute atomic E-state index is 0.0276. The van der Waals surface area contributed by atoms with Crippen molar-refractivity contribution in [3.63, 3.8) is 0 Å². The van der Waals surface area contributed by atoms with E-state index in [9.17, 15) is 10.1 Å². The first-order valence-electron chi connectivity index (χ1n) is 4.55. The fraction of sp³-hybridized carbons (Fsp3) is 0.625. The lowest BCUT2D eigenvalue weighted by Crippen LogP contribution is -2.22. The molecule has 1 rings (SSSR count). The quantitative estimate of drug-likeness (QED) is 0.416. The van der Waals surface area contributed by atoms with E-state index in [1.54, 1.807) is 0 Å². The fourth-order valence-electron chi connectivity index (χ4n) is 1.16. The molecule has 4 radical (unpaired) electrons. The Balaban J connectivity index is 3.30. The van der Waals surface area contributed by atoms with Crippen molar-refractivity contribution in [1.82, 2.24) is 9.78 Å². The molecule has 5 nitrogen and oxygen atoms in total. The molecule has 0 N–H and O–H groups in total. The summed E-state index contributed by atoms with van der Waals surface area (Å²) in [7, 11) is 11.3. The lowest BCUT2D eigenvalue weighted by Gasteiger charge is -2.15. The zero-order chi connectivity index (χ0) is 11.8. The van der Waals surface area contributed by atoms with Crippen molar-refractivity contribution in [2.24, 2.45) is 0 Å². The van der Waals surface area contributed by atoms with Crippen LogP contribution in [0.2, 0.25) is 0 Å². The average molecular weight is 203 g/mol. The summed E-state index contributed by atoms with van der Waals surface area (Å²) in [6, 6.07) is 0.0276. The van der Waals surface area contributed by atoms with Crippen molar-refractivity contribution in [3.8, 4) is 0 Å². The van der Waals surface area contributed by atoms with Crippen molar-refractivity contribution >= 4 is 21.5 Å². The number of aromatic nitrogens is 2. The van der Waals surface area contributed by atoms with Gasteiger partial charge in [-0.3, -0.25) is 0 Å². The molecule has 7 heteroatoms. The zero-order valence-corrected chi connectivity index (χ0v) is 8.97. The molecule has 0 unspecified atom stereocenters. The number of rotatable bonds is 3. The van der Waals surface area contributed by atoms with Crippen LogP contribution in [0, 0.1) is 10.1 Å². The molecule has 1 aromatic heterocycles. The Labute approximate surface area is 90.8 Å². The summed E-state index contributed by atoms with van der Waals surface area (Å²) in [6.45, 7) is 5.23. The van der Waals surface area contributed by atoms with Gasteiger partial charge in [-0.2, -0.15) is 4.68 Å². The van der Waals surface area contributed by atoms with Crippen molar-refractivity contribution in [2.75, 3.05) is 0 Å². The maximum absolute atomic E-state index is 10.7. The van der Waals surface area contributed by atoms with E-state index in [2.05, 4.69) is 5.10 Å². The van der Waals surface area contributed by atoms with Crippen molar-refractivity contribution in [1.29, 1.82) is 0 Å². The van der Waals surface area contributed by atoms with Crippen LogP contribution in [0.4, 0.5) is 5.82 Å². The highest BCUT2D eigenvalue weighted by Crippen LogP contribution is 2.26. The Bertz CT molecular complexity index is 382. The lowest BCUT2D eigenvalue weighted by molar-refractivity contribution is -0.390. The summed E-state index contributed by atoms with van der Waals surface area (Å²) in [4.78, 5) is 10.1. The third-order valence-corrected chi connectivity index (χ3v) is 1.99. The highest BCUT2D eigenvalue weighted by molar-refractivity contribution is 6.40. The van der Waals surface area contributed by atoms with Crippen LogP contribution in [0.1, 0.15) is 32.4 Å². The second-order valence-electron chi connectivity index (χ2n) is 3.98. The second kappa shape index (κ2) is 3.72. The number of hydrogen-bond donors (Lipinski definition) is 0. The molecule has 1 heterocycles. The fourth-order valence-corrected chi connectivity index (χ4v) is 1.16. The standard InChI is InChI=1S/C8H11B2N3O2/c1-5(2)12-4-6(8(3,9)10)7(11-12)13(14)15/h4-5H,1-3H3. The molecule has 76 valence electrons. The van der Waals surface area contributed by atoms with Crippen LogP contribution in [0.25, 0.3) is 0 Å². The van der Waals surface area contributed by atoms with Gasteiger partial charge in [0.15, 0.2) is 0 Å². The Morgan fingerprint density at radius 3 is 2.40 bits per heavy atom. The molecular formula is C8H11B2N3O2. The first-order chi connectivity index (χ1) is 6.73. The predicted molar refractivity (Wildman–Crippen MR) is 58.1 cm³/mol. The van der Waals surface area contributed by atoms with E-state index in [1.165, 1.54) is 17.8 Å². The van der Waals surface area contributed by atoms with Crippen LogP contribution < -0.4 is 0 Å². The molecular weight excluding hydrogens is 192 g/mol.